The van der Waals surface area contributed by atoms with E-state index in [9.17, 15) is 0 Å². The Bertz CT molecular complexity index is 405. The minimum Gasteiger partial charge on any atom is -0.384 e. The highest BCUT2D eigenvalue weighted by atomic mass is 16.5. The topological polar surface area (TPSA) is 64.9 Å². The third-order valence-corrected chi connectivity index (χ3v) is 1.71. The van der Waals surface area contributed by atoms with Crippen LogP contribution >= 0.6 is 0 Å². The fourth-order valence-corrected chi connectivity index (χ4v) is 1.06. The largest absolute Gasteiger partial charge is 0.384 e. The van der Waals surface area contributed by atoms with Crippen molar-refractivity contribution in [1.29, 1.82) is 0 Å². The van der Waals surface area contributed by atoms with Crippen molar-refractivity contribution >= 4 is 5.82 Å². The summed E-state index contributed by atoms with van der Waals surface area (Å²) in [6, 6.07) is 5.45. The maximum atomic E-state index is 5.46. The molecular weight excluding hydrogens is 166 g/mol. The van der Waals surface area contributed by atoms with E-state index >= 15 is 0 Å². The van der Waals surface area contributed by atoms with Crippen LogP contribution in [0.25, 0.3) is 11.3 Å². The molecule has 0 unspecified atom stereocenters. The van der Waals surface area contributed by atoms with Crippen molar-refractivity contribution in [3.8, 4) is 11.3 Å². The molecule has 0 spiro atoms. The van der Waals surface area contributed by atoms with E-state index in [0.717, 1.165) is 17.0 Å². The summed E-state index contributed by atoms with van der Waals surface area (Å²) in [6.45, 7) is 1.85. The lowest BCUT2D eigenvalue weighted by Gasteiger charge is -1.94. The summed E-state index contributed by atoms with van der Waals surface area (Å²) in [4.78, 5) is 3.96. The molecule has 2 heterocycles. The lowest BCUT2D eigenvalue weighted by atomic mass is 10.2. The van der Waals surface area contributed by atoms with Gasteiger partial charge in [-0.1, -0.05) is 5.16 Å². The van der Waals surface area contributed by atoms with Gasteiger partial charge in [0.05, 0.1) is 0 Å². The molecule has 13 heavy (non-hydrogen) atoms. The first-order valence-electron chi connectivity index (χ1n) is 3.91. The summed E-state index contributed by atoms with van der Waals surface area (Å²) in [5, 5.41) is 3.86. The molecule has 4 nitrogen and oxygen atoms in total. The van der Waals surface area contributed by atoms with E-state index in [-0.39, 0.29) is 0 Å². The molecule has 66 valence electrons. The SMILES string of the molecule is Cc1cc(-c2ccc(N)nc2)no1. The molecule has 0 saturated carbocycles. The molecule has 0 fully saturated rings. The molecule has 0 aliphatic rings. The smallest absolute Gasteiger partial charge is 0.134 e. The first-order valence-corrected chi connectivity index (χ1v) is 3.91. The van der Waals surface area contributed by atoms with Gasteiger partial charge in [-0.15, -0.1) is 0 Å². The number of aryl methyl sites for hydroxylation is 1. The average molecular weight is 175 g/mol. The van der Waals surface area contributed by atoms with Crippen molar-refractivity contribution in [3.05, 3.63) is 30.2 Å². The highest BCUT2D eigenvalue weighted by Crippen LogP contribution is 2.17. The van der Waals surface area contributed by atoms with Gasteiger partial charge in [0.2, 0.25) is 0 Å². The van der Waals surface area contributed by atoms with Gasteiger partial charge in [-0.05, 0) is 19.1 Å². The van der Waals surface area contributed by atoms with Gasteiger partial charge in [-0.3, -0.25) is 0 Å². The quantitative estimate of drug-likeness (QED) is 0.715. The van der Waals surface area contributed by atoms with E-state index in [1.807, 2.05) is 19.1 Å². The summed E-state index contributed by atoms with van der Waals surface area (Å²) in [6.07, 6.45) is 1.67. The maximum absolute atomic E-state index is 5.46. The summed E-state index contributed by atoms with van der Waals surface area (Å²) >= 11 is 0. The molecule has 0 atom stereocenters. The summed E-state index contributed by atoms with van der Waals surface area (Å²) in [7, 11) is 0. The zero-order chi connectivity index (χ0) is 9.26. The van der Waals surface area contributed by atoms with E-state index < -0.39 is 0 Å². The van der Waals surface area contributed by atoms with Crippen molar-refractivity contribution < 1.29 is 4.52 Å². The second-order valence-electron chi connectivity index (χ2n) is 2.79. The Morgan fingerprint density at radius 1 is 1.38 bits per heavy atom. The van der Waals surface area contributed by atoms with Gasteiger partial charge in [0, 0.05) is 17.8 Å². The van der Waals surface area contributed by atoms with Crippen LogP contribution in [-0.4, -0.2) is 10.1 Å². The molecule has 0 aromatic carbocycles. The molecule has 0 bridgehead atoms. The second kappa shape index (κ2) is 2.90. The van der Waals surface area contributed by atoms with E-state index in [4.69, 9.17) is 10.3 Å². The second-order valence-corrected chi connectivity index (χ2v) is 2.79. The van der Waals surface area contributed by atoms with E-state index in [1.165, 1.54) is 0 Å². The Morgan fingerprint density at radius 3 is 2.77 bits per heavy atom. The molecule has 2 aromatic heterocycles. The zero-order valence-electron chi connectivity index (χ0n) is 7.19. The van der Waals surface area contributed by atoms with Crippen molar-refractivity contribution in [2.24, 2.45) is 0 Å². The average Bonchev–Trinajstić information content (AvgIpc) is 2.53. The van der Waals surface area contributed by atoms with Crippen LogP contribution in [0, 0.1) is 6.92 Å². The van der Waals surface area contributed by atoms with Crippen LogP contribution < -0.4 is 5.73 Å². The zero-order valence-corrected chi connectivity index (χ0v) is 7.19. The predicted molar refractivity (Wildman–Crippen MR) is 48.9 cm³/mol. The summed E-state index contributed by atoms with van der Waals surface area (Å²) < 4.78 is 4.94. The molecular formula is C9H9N3O. The first kappa shape index (κ1) is 7.79. The van der Waals surface area contributed by atoms with Crippen LogP contribution in [0.3, 0.4) is 0 Å². The fourth-order valence-electron chi connectivity index (χ4n) is 1.06. The first-order chi connectivity index (χ1) is 6.25. The Labute approximate surface area is 75.4 Å². The number of aromatic nitrogens is 2. The van der Waals surface area contributed by atoms with Crippen LogP contribution in [0.1, 0.15) is 5.76 Å². The minimum atomic E-state index is 0.504. The van der Waals surface area contributed by atoms with Gasteiger partial charge in [0.1, 0.15) is 17.3 Å². The third kappa shape index (κ3) is 1.51. The lowest BCUT2D eigenvalue weighted by Crippen LogP contribution is -1.88. The third-order valence-electron chi connectivity index (χ3n) is 1.71. The monoisotopic (exact) mass is 175 g/mol. The number of anilines is 1. The van der Waals surface area contributed by atoms with Crippen LogP contribution in [0.2, 0.25) is 0 Å². The molecule has 0 aliphatic carbocycles. The van der Waals surface area contributed by atoms with Gasteiger partial charge in [-0.25, -0.2) is 4.98 Å². The highest BCUT2D eigenvalue weighted by Gasteiger charge is 2.02. The maximum Gasteiger partial charge on any atom is 0.134 e. The van der Waals surface area contributed by atoms with Crippen molar-refractivity contribution in [2.45, 2.75) is 6.92 Å². The molecule has 0 saturated heterocycles. The number of pyridine rings is 1. The van der Waals surface area contributed by atoms with Crippen LogP contribution in [-0.2, 0) is 0 Å². The van der Waals surface area contributed by atoms with Crippen molar-refractivity contribution in [3.63, 3.8) is 0 Å². The Hall–Kier alpha value is -1.84. The molecule has 2 aromatic rings. The van der Waals surface area contributed by atoms with E-state index in [2.05, 4.69) is 10.1 Å². The van der Waals surface area contributed by atoms with Gasteiger partial charge < -0.3 is 10.3 Å². The van der Waals surface area contributed by atoms with Crippen LogP contribution in [0.15, 0.2) is 28.9 Å². The Balaban J connectivity index is 2.41. The molecule has 2 N–H and O–H groups in total. The number of nitrogens with two attached hydrogens (primary N) is 1. The van der Waals surface area contributed by atoms with Crippen LogP contribution in [0.4, 0.5) is 5.82 Å². The lowest BCUT2D eigenvalue weighted by molar-refractivity contribution is 0.399. The normalized spacial score (nSPS) is 10.2. The fraction of sp³-hybridized carbons (Fsp3) is 0.111. The molecule has 0 aliphatic heterocycles. The number of rotatable bonds is 1. The van der Waals surface area contributed by atoms with Gasteiger partial charge in [0.25, 0.3) is 0 Å². The van der Waals surface area contributed by atoms with Gasteiger partial charge in [-0.2, -0.15) is 0 Å². The predicted octanol–water partition coefficient (Wildman–Crippen LogP) is 1.63. The van der Waals surface area contributed by atoms with Crippen molar-refractivity contribution in [1.82, 2.24) is 10.1 Å². The Morgan fingerprint density at radius 2 is 2.23 bits per heavy atom. The van der Waals surface area contributed by atoms with Gasteiger partial charge in [0.15, 0.2) is 0 Å². The molecule has 2 rings (SSSR count). The summed E-state index contributed by atoms with van der Waals surface area (Å²) in [5.41, 5.74) is 7.15. The molecule has 0 radical (unpaired) electrons. The van der Waals surface area contributed by atoms with E-state index in [1.54, 1.807) is 12.3 Å². The van der Waals surface area contributed by atoms with Crippen LogP contribution in [0.5, 0.6) is 0 Å². The standard InChI is InChI=1S/C9H9N3O/c1-6-4-8(12-13-6)7-2-3-9(10)11-5-7/h2-5H,1H3,(H2,10,11). The molecule has 0 amide bonds. The number of nitrogen functional groups attached to an aromatic ring is 1. The minimum absolute atomic E-state index is 0.504. The number of hydrogen-bond acceptors (Lipinski definition) is 4. The number of hydrogen-bond donors (Lipinski definition) is 1. The van der Waals surface area contributed by atoms with Gasteiger partial charge >= 0.3 is 0 Å². The summed E-state index contributed by atoms with van der Waals surface area (Å²) in [5.74, 6) is 1.29. The Kier molecular flexibility index (Phi) is 1.73. The number of nitrogens with zero attached hydrogens (tertiary/aromatic N) is 2. The van der Waals surface area contributed by atoms with Crippen molar-refractivity contribution in [2.75, 3.05) is 5.73 Å². The highest BCUT2D eigenvalue weighted by molar-refractivity contribution is 5.58. The molecule has 4 heteroatoms. The van der Waals surface area contributed by atoms with E-state index in [0.29, 0.717) is 5.82 Å².